The number of likely N-dealkylation sites (N-methyl/N-ethyl adjacent to an activating group) is 1. The Labute approximate surface area is 115 Å². The van der Waals surface area contributed by atoms with Crippen LogP contribution in [0, 0.1) is 0 Å². The average molecular weight is 241 g/mol. The van der Waals surface area contributed by atoms with E-state index in [0.717, 1.165) is 9.47 Å². The van der Waals surface area contributed by atoms with Crippen molar-refractivity contribution < 1.29 is 17.1 Å². The average Bonchev–Trinajstić information content (AvgIpc) is 2.86. The van der Waals surface area contributed by atoms with Gasteiger partial charge in [0.05, 0.1) is 13.9 Å². The third kappa shape index (κ3) is 2.44. The Balaban J connectivity index is 2.58. The Morgan fingerprint density at radius 3 is 3.12 bits per heavy atom. The molecule has 3 heteroatoms. The fourth-order valence-electron chi connectivity index (χ4n) is 1.50. The first kappa shape index (κ1) is 5.02. The Kier molecular flexibility index (Phi) is 1.42. The standard InChI is InChI=1S/C14H20N2O/c1-11(15(2)3)10-16-8-7-12-9-13(17-4)5-6-14(12)16/h5-9,11H,10H2,1-4H3/t11-/m0/s1/i1D3,4D3,10D2,11D. The number of hydrogen-bond donors (Lipinski definition) is 0. The highest BCUT2D eigenvalue weighted by atomic mass is 16.5. The van der Waals surface area contributed by atoms with Gasteiger partial charge in [0, 0.05) is 35.1 Å². The van der Waals surface area contributed by atoms with Crippen molar-refractivity contribution in [3.05, 3.63) is 30.5 Å². The molecule has 92 valence electrons. The van der Waals surface area contributed by atoms with E-state index in [0.29, 0.717) is 10.9 Å². The molecule has 0 unspecified atom stereocenters. The zero-order chi connectivity index (χ0) is 20.1. The predicted molar refractivity (Wildman–Crippen MR) is 71.6 cm³/mol. The van der Waals surface area contributed by atoms with E-state index in [9.17, 15) is 0 Å². The molecular formula is C14H20N2O. The molecule has 3 nitrogen and oxygen atoms in total. The van der Waals surface area contributed by atoms with Gasteiger partial charge in [-0.15, -0.1) is 0 Å². The topological polar surface area (TPSA) is 17.4 Å². The molecule has 0 aliphatic carbocycles. The molecule has 1 atom stereocenters. The first-order valence-corrected chi connectivity index (χ1v) is 5.09. The number of nitrogens with zero attached hydrogens (tertiary/aromatic N) is 2. The Morgan fingerprint density at radius 1 is 1.53 bits per heavy atom. The minimum Gasteiger partial charge on any atom is -0.497 e. The lowest BCUT2D eigenvalue weighted by molar-refractivity contribution is 0.286. The van der Waals surface area contributed by atoms with Crippen LogP contribution in [0.2, 0.25) is 0 Å². The van der Waals surface area contributed by atoms with Crippen LogP contribution < -0.4 is 4.74 Å². The molecule has 2 rings (SSSR count). The van der Waals surface area contributed by atoms with Crippen LogP contribution in [-0.2, 0) is 6.50 Å². The van der Waals surface area contributed by atoms with E-state index >= 15 is 0 Å². The maximum absolute atomic E-state index is 8.42. The molecule has 0 fully saturated rings. The van der Waals surface area contributed by atoms with Gasteiger partial charge in [0.15, 0.2) is 0 Å². The molecule has 0 saturated heterocycles. The van der Waals surface area contributed by atoms with E-state index in [1.165, 1.54) is 44.6 Å². The summed E-state index contributed by atoms with van der Waals surface area (Å²) in [4.78, 5) is 1.03. The van der Waals surface area contributed by atoms with Crippen LogP contribution in [-0.4, -0.2) is 36.6 Å². The first-order valence-electron chi connectivity index (χ1n) is 9.59. The molecule has 0 radical (unpaired) electrons. The van der Waals surface area contributed by atoms with Gasteiger partial charge in [-0.05, 0) is 45.2 Å². The summed E-state index contributed by atoms with van der Waals surface area (Å²) in [6, 6.07) is 3.17. The fraction of sp³-hybridized carbons (Fsp3) is 0.429. The SMILES string of the molecule is [2H]C([2H])([2H])Oc1ccc2c(ccn2C([2H])([2H])[C@@]([2H])(N(C)C)C([2H])([2H])[2H])c1. The summed E-state index contributed by atoms with van der Waals surface area (Å²) >= 11 is 0. The number of benzene rings is 1. The molecule has 0 aliphatic rings. The summed E-state index contributed by atoms with van der Waals surface area (Å²) in [5, 5.41) is 0.460. The fourth-order valence-corrected chi connectivity index (χ4v) is 1.50. The second-order valence-electron chi connectivity index (χ2n) is 3.86. The monoisotopic (exact) mass is 241 g/mol. The van der Waals surface area contributed by atoms with Gasteiger partial charge in [-0.2, -0.15) is 0 Å². The number of fused-ring (bicyclic) bond motifs is 1. The maximum atomic E-state index is 8.42. The van der Waals surface area contributed by atoms with Crippen molar-refractivity contribution in [3.63, 3.8) is 0 Å². The third-order valence-electron chi connectivity index (χ3n) is 2.45. The quantitative estimate of drug-likeness (QED) is 0.818. The summed E-state index contributed by atoms with van der Waals surface area (Å²) in [6.45, 7) is -5.54. The van der Waals surface area contributed by atoms with Crippen LogP contribution >= 0.6 is 0 Å². The molecule has 0 spiro atoms. The van der Waals surface area contributed by atoms with Crippen molar-refractivity contribution >= 4 is 10.9 Å². The van der Waals surface area contributed by atoms with Gasteiger partial charge in [0.2, 0.25) is 0 Å². The molecule has 0 N–H and O–H groups in total. The van der Waals surface area contributed by atoms with Gasteiger partial charge in [-0.1, -0.05) is 0 Å². The molecule has 0 aliphatic heterocycles. The van der Waals surface area contributed by atoms with Gasteiger partial charge >= 0.3 is 0 Å². The smallest absolute Gasteiger partial charge is 0.119 e. The Bertz CT molecular complexity index is 794. The molecule has 1 aromatic heterocycles. The van der Waals surface area contributed by atoms with Gasteiger partial charge in [0.25, 0.3) is 0 Å². The molecule has 2 aromatic rings. The maximum Gasteiger partial charge on any atom is 0.119 e. The van der Waals surface area contributed by atoms with Crippen LogP contribution in [0.25, 0.3) is 10.9 Å². The summed E-state index contributed by atoms with van der Waals surface area (Å²) in [7, 11) is 0.0592. The van der Waals surface area contributed by atoms with Crippen molar-refractivity contribution in [2.24, 2.45) is 0 Å². The van der Waals surface area contributed by atoms with Crippen molar-refractivity contribution in [3.8, 4) is 5.75 Å². The second-order valence-corrected chi connectivity index (χ2v) is 3.86. The van der Waals surface area contributed by atoms with Gasteiger partial charge in [-0.3, -0.25) is 0 Å². The molecule has 17 heavy (non-hydrogen) atoms. The zero-order valence-electron chi connectivity index (χ0n) is 18.7. The van der Waals surface area contributed by atoms with Crippen LogP contribution in [0.15, 0.2) is 30.5 Å². The number of aromatic nitrogens is 1. The van der Waals surface area contributed by atoms with Crippen LogP contribution in [0.1, 0.15) is 19.2 Å². The largest absolute Gasteiger partial charge is 0.497 e. The van der Waals surface area contributed by atoms with Crippen molar-refractivity contribution in [1.82, 2.24) is 9.47 Å². The number of methoxy groups -OCH3 is 1. The molecule has 0 bridgehead atoms. The molecule has 1 heterocycles. The summed E-state index contributed by atoms with van der Waals surface area (Å²) < 4.78 is 75.6. The van der Waals surface area contributed by atoms with Crippen LogP contribution in [0.5, 0.6) is 5.75 Å². The summed E-state index contributed by atoms with van der Waals surface area (Å²) in [5.74, 6) is 0.0800. The van der Waals surface area contributed by atoms with E-state index in [2.05, 4.69) is 0 Å². The molecule has 0 saturated carbocycles. The van der Waals surface area contributed by atoms with Crippen LogP contribution in [0.3, 0.4) is 0 Å². The van der Waals surface area contributed by atoms with Gasteiger partial charge in [-0.25, -0.2) is 0 Å². The predicted octanol–water partition coefficient (Wildman–Crippen LogP) is 2.60. The summed E-state index contributed by atoms with van der Waals surface area (Å²) in [5.41, 5.74) is 0.315. The van der Waals surface area contributed by atoms with Crippen molar-refractivity contribution in [2.45, 2.75) is 19.4 Å². The second kappa shape index (κ2) is 4.80. The zero-order valence-corrected chi connectivity index (χ0v) is 9.69. The van der Waals surface area contributed by atoms with Crippen molar-refractivity contribution in [1.29, 1.82) is 0 Å². The minimum atomic E-state index is -2.93. The van der Waals surface area contributed by atoms with Gasteiger partial charge < -0.3 is 14.2 Å². The third-order valence-corrected chi connectivity index (χ3v) is 2.45. The Hall–Kier alpha value is -1.48. The lowest BCUT2D eigenvalue weighted by Gasteiger charge is -2.20. The highest BCUT2D eigenvalue weighted by molar-refractivity contribution is 5.81. The van der Waals surface area contributed by atoms with E-state index in [1.807, 2.05) is 0 Å². The molecule has 0 amide bonds. The molecular weight excluding hydrogens is 212 g/mol. The van der Waals surface area contributed by atoms with Crippen LogP contribution in [0.4, 0.5) is 0 Å². The van der Waals surface area contributed by atoms with E-state index in [-0.39, 0.29) is 5.75 Å². The van der Waals surface area contributed by atoms with Crippen molar-refractivity contribution in [2.75, 3.05) is 21.1 Å². The Morgan fingerprint density at radius 2 is 2.41 bits per heavy atom. The summed E-state index contributed by atoms with van der Waals surface area (Å²) in [6.07, 6.45) is 1.34. The number of ether oxygens (including phenoxy) is 1. The highest BCUT2D eigenvalue weighted by Gasteiger charge is 2.08. The normalized spacial score (nSPS) is 25.2. The van der Waals surface area contributed by atoms with E-state index in [1.54, 1.807) is 0 Å². The molecule has 1 aromatic carbocycles. The number of rotatable bonds is 4. The minimum absolute atomic E-state index is 0.0800. The lowest BCUT2D eigenvalue weighted by atomic mass is 10.2. The number of hydrogen-bond acceptors (Lipinski definition) is 2. The van der Waals surface area contributed by atoms with E-state index < -0.39 is 26.4 Å². The van der Waals surface area contributed by atoms with Gasteiger partial charge in [0.1, 0.15) is 5.75 Å². The lowest BCUT2D eigenvalue weighted by Crippen LogP contribution is -2.28. The highest BCUT2D eigenvalue weighted by Crippen LogP contribution is 2.22. The van der Waals surface area contributed by atoms with E-state index in [4.69, 9.17) is 17.1 Å². The first-order chi connectivity index (χ1) is 11.6.